The molecule has 1 N–H and O–H groups in total. The van der Waals surface area contributed by atoms with Crippen LogP contribution >= 0.6 is 0 Å². The van der Waals surface area contributed by atoms with Crippen molar-refractivity contribution in [3.63, 3.8) is 0 Å². The monoisotopic (exact) mass is 409 g/mol. The molecule has 0 bridgehead atoms. The Morgan fingerprint density at radius 3 is 1.68 bits per heavy atom. The topological polar surface area (TPSA) is 57.4 Å². The molecule has 0 radical (unpaired) electrons. The van der Waals surface area contributed by atoms with Crippen molar-refractivity contribution in [3.8, 4) is 0 Å². The lowest BCUT2D eigenvalue weighted by Crippen LogP contribution is -2.34. The van der Waals surface area contributed by atoms with E-state index < -0.39 is 16.1 Å². The Morgan fingerprint density at radius 1 is 0.929 bits per heavy atom. The fourth-order valence-corrected chi connectivity index (χ4v) is 6.45. The van der Waals surface area contributed by atoms with Gasteiger partial charge in [0.1, 0.15) is 0 Å². The van der Waals surface area contributed by atoms with Crippen LogP contribution in [0.15, 0.2) is 17.0 Å². The van der Waals surface area contributed by atoms with Gasteiger partial charge >= 0.3 is 0 Å². The van der Waals surface area contributed by atoms with Crippen LogP contribution in [0.3, 0.4) is 0 Å². The number of rotatable bonds is 6. The number of hydrogen-bond acceptors (Lipinski definition) is 3. The minimum Gasteiger partial charge on any atom is -0.391 e. The van der Waals surface area contributed by atoms with E-state index in [1.54, 1.807) is 0 Å². The van der Waals surface area contributed by atoms with Gasteiger partial charge in [0.15, 0.2) is 0 Å². The van der Waals surface area contributed by atoms with E-state index in [1.807, 2.05) is 27.7 Å². The van der Waals surface area contributed by atoms with Crippen LogP contribution in [0.25, 0.3) is 0 Å². The van der Waals surface area contributed by atoms with Crippen LogP contribution in [0.2, 0.25) is 0 Å². The van der Waals surface area contributed by atoms with Gasteiger partial charge in [-0.3, -0.25) is 0 Å². The minimum absolute atomic E-state index is 0.0993. The van der Waals surface area contributed by atoms with Crippen molar-refractivity contribution < 1.29 is 13.5 Å². The normalized spacial score (nSPS) is 24.3. The van der Waals surface area contributed by atoms with Gasteiger partial charge in [-0.25, -0.2) is 8.42 Å². The highest BCUT2D eigenvalue weighted by molar-refractivity contribution is 7.89. The summed E-state index contributed by atoms with van der Waals surface area (Å²) < 4.78 is 29.1. The van der Waals surface area contributed by atoms with E-state index in [9.17, 15) is 13.5 Å². The van der Waals surface area contributed by atoms with Gasteiger partial charge in [0.05, 0.1) is 17.0 Å². The number of aliphatic hydroxyl groups is 1. The number of benzene rings is 1. The molecule has 1 unspecified atom stereocenters. The van der Waals surface area contributed by atoms with Crippen molar-refractivity contribution in [2.45, 2.75) is 110 Å². The van der Waals surface area contributed by atoms with Crippen LogP contribution in [0.1, 0.15) is 104 Å². The zero-order valence-corrected chi connectivity index (χ0v) is 20.1. The molecule has 5 heteroatoms. The molecule has 1 heterocycles. The number of nitrogens with zero attached hydrogens (tertiary/aromatic N) is 1. The van der Waals surface area contributed by atoms with Crippen molar-refractivity contribution in [1.29, 1.82) is 0 Å². The fourth-order valence-electron chi connectivity index (χ4n) is 3.93. The molecule has 0 aromatic heterocycles. The molecule has 0 amide bonds. The van der Waals surface area contributed by atoms with Crippen molar-refractivity contribution >= 4 is 10.0 Å². The van der Waals surface area contributed by atoms with E-state index in [4.69, 9.17) is 0 Å². The SMILES string of the molecule is CC(C)c1cc(C(C)C)c(S(=O)(=O)N2[C@H]([C@H](O)C(C)(C)C)[C@H]2C)c(C(C)C)c1. The first-order chi connectivity index (χ1) is 12.6. The van der Waals surface area contributed by atoms with Gasteiger partial charge in [-0.15, -0.1) is 0 Å². The van der Waals surface area contributed by atoms with E-state index >= 15 is 0 Å². The molecule has 1 aromatic carbocycles. The van der Waals surface area contributed by atoms with Gasteiger partial charge in [-0.1, -0.05) is 74.4 Å². The maximum atomic E-state index is 13.8. The van der Waals surface area contributed by atoms with Crippen LogP contribution in [0.5, 0.6) is 0 Å². The zero-order valence-electron chi connectivity index (χ0n) is 19.2. The van der Waals surface area contributed by atoms with Crippen molar-refractivity contribution in [1.82, 2.24) is 4.31 Å². The highest BCUT2D eigenvalue weighted by Crippen LogP contribution is 2.45. The third-order valence-electron chi connectivity index (χ3n) is 5.93. The molecule has 1 saturated heterocycles. The van der Waals surface area contributed by atoms with Crippen LogP contribution in [0.4, 0.5) is 0 Å². The molecule has 1 fully saturated rings. The maximum Gasteiger partial charge on any atom is 0.244 e. The van der Waals surface area contributed by atoms with Gasteiger partial charge in [0.2, 0.25) is 10.0 Å². The quantitative estimate of drug-likeness (QED) is 0.655. The van der Waals surface area contributed by atoms with Crippen molar-refractivity contribution in [3.05, 3.63) is 28.8 Å². The fraction of sp³-hybridized carbons (Fsp3) is 0.739. The third-order valence-corrected chi connectivity index (χ3v) is 8.04. The molecule has 4 nitrogen and oxygen atoms in total. The summed E-state index contributed by atoms with van der Waals surface area (Å²) in [5.74, 6) is 0.534. The second kappa shape index (κ2) is 7.73. The Kier molecular flexibility index (Phi) is 6.45. The standard InChI is InChI=1S/C23H39NO3S/c1-13(2)17-11-18(14(3)4)21(19(12-17)15(5)6)28(26,27)24-16(7)20(24)22(25)23(8,9)10/h11-16,20,22,25H,1-10H3/t16-,20+,22+,24?/m1/s1. The van der Waals surface area contributed by atoms with E-state index in [1.165, 1.54) is 9.87 Å². The Balaban J connectivity index is 2.66. The van der Waals surface area contributed by atoms with E-state index in [2.05, 4.69) is 53.7 Å². The summed E-state index contributed by atoms with van der Waals surface area (Å²) in [6, 6.07) is 3.58. The largest absolute Gasteiger partial charge is 0.391 e. The lowest BCUT2D eigenvalue weighted by atomic mass is 9.86. The smallest absolute Gasteiger partial charge is 0.244 e. The van der Waals surface area contributed by atoms with Gasteiger partial charge in [0.25, 0.3) is 0 Å². The Labute approximate surface area is 172 Å². The van der Waals surface area contributed by atoms with E-state index in [-0.39, 0.29) is 29.3 Å². The van der Waals surface area contributed by atoms with Crippen LogP contribution in [-0.2, 0) is 10.0 Å². The summed E-state index contributed by atoms with van der Waals surface area (Å²) >= 11 is 0. The van der Waals surface area contributed by atoms with E-state index in [0.29, 0.717) is 10.8 Å². The first-order valence-electron chi connectivity index (χ1n) is 10.5. The van der Waals surface area contributed by atoms with Crippen LogP contribution in [-0.4, -0.2) is 36.0 Å². The summed E-state index contributed by atoms with van der Waals surface area (Å²) in [5.41, 5.74) is 2.58. The van der Waals surface area contributed by atoms with Gasteiger partial charge < -0.3 is 5.11 Å². The Hall–Kier alpha value is -0.910. The highest BCUT2D eigenvalue weighted by Gasteiger charge is 2.58. The number of hydrogen-bond donors (Lipinski definition) is 1. The van der Waals surface area contributed by atoms with Gasteiger partial charge in [0, 0.05) is 6.04 Å². The summed E-state index contributed by atoms with van der Waals surface area (Å²) in [6.45, 7) is 20.2. The molecule has 0 spiro atoms. The summed E-state index contributed by atoms with van der Waals surface area (Å²) in [7, 11) is -3.69. The predicted molar refractivity (Wildman–Crippen MR) is 116 cm³/mol. The molecule has 0 saturated carbocycles. The summed E-state index contributed by atoms with van der Waals surface area (Å²) in [4.78, 5) is 0.456. The second-order valence-electron chi connectivity index (χ2n) is 10.4. The average molecular weight is 410 g/mol. The summed E-state index contributed by atoms with van der Waals surface area (Å²) in [6.07, 6.45) is -0.697. The van der Waals surface area contributed by atoms with Crippen LogP contribution in [0, 0.1) is 5.41 Å². The Bertz CT molecular complexity index is 790. The third kappa shape index (κ3) is 4.17. The molecule has 4 atom stereocenters. The molecule has 160 valence electrons. The molecule has 0 aliphatic carbocycles. The highest BCUT2D eigenvalue weighted by atomic mass is 32.2. The lowest BCUT2D eigenvalue weighted by Gasteiger charge is -2.27. The average Bonchev–Trinajstić information content (AvgIpc) is 3.23. The molecule has 1 aliphatic heterocycles. The number of aliphatic hydroxyl groups excluding tert-OH is 1. The van der Waals surface area contributed by atoms with Crippen molar-refractivity contribution in [2.75, 3.05) is 0 Å². The summed E-state index contributed by atoms with van der Waals surface area (Å²) in [5, 5.41) is 10.7. The zero-order chi connectivity index (χ0) is 21.8. The number of sulfonamides is 1. The van der Waals surface area contributed by atoms with Crippen molar-refractivity contribution in [2.24, 2.45) is 5.41 Å². The lowest BCUT2D eigenvalue weighted by molar-refractivity contribution is 0.0555. The molecule has 1 aliphatic rings. The van der Waals surface area contributed by atoms with Gasteiger partial charge in [-0.05, 0) is 46.8 Å². The van der Waals surface area contributed by atoms with E-state index in [0.717, 1.165) is 11.1 Å². The second-order valence-corrected chi connectivity index (χ2v) is 12.1. The maximum absolute atomic E-state index is 13.8. The predicted octanol–water partition coefficient (Wildman–Crippen LogP) is 5.23. The molecule has 2 rings (SSSR count). The van der Waals surface area contributed by atoms with Gasteiger partial charge in [-0.2, -0.15) is 4.31 Å². The molecular weight excluding hydrogens is 370 g/mol. The molecular formula is C23H39NO3S. The minimum atomic E-state index is -3.69. The molecule has 28 heavy (non-hydrogen) atoms. The Morgan fingerprint density at radius 2 is 1.36 bits per heavy atom. The van der Waals surface area contributed by atoms with Crippen LogP contribution < -0.4 is 0 Å². The first-order valence-corrected chi connectivity index (χ1v) is 12.0. The molecule has 1 aromatic rings. The first kappa shape index (κ1) is 23.4.